The van der Waals surface area contributed by atoms with Crippen LogP contribution in [0.25, 0.3) is 0 Å². The fraction of sp³-hybridized carbons (Fsp3) is 0.400. The molecule has 0 spiro atoms. The summed E-state index contributed by atoms with van der Waals surface area (Å²) >= 11 is 0. The Balaban J connectivity index is 3.19. The topological polar surface area (TPSA) is 46.2 Å². The van der Waals surface area contributed by atoms with Gasteiger partial charge in [0, 0.05) is 11.1 Å². The van der Waals surface area contributed by atoms with Crippen molar-refractivity contribution >= 4 is 0 Å². The Hall–Kier alpha value is -1.02. The highest BCUT2D eigenvalue weighted by Gasteiger charge is 2.17. The van der Waals surface area contributed by atoms with Crippen LogP contribution in [0.5, 0.6) is 5.75 Å². The van der Waals surface area contributed by atoms with Gasteiger partial charge < -0.3 is 10.8 Å². The first-order valence-corrected chi connectivity index (χ1v) is 4.00. The smallest absolute Gasteiger partial charge is 0.120 e. The van der Waals surface area contributed by atoms with Gasteiger partial charge in [0.2, 0.25) is 0 Å². The fourth-order valence-corrected chi connectivity index (χ4v) is 1.19. The van der Waals surface area contributed by atoms with Crippen LogP contribution in [0.15, 0.2) is 18.2 Å². The van der Waals surface area contributed by atoms with Crippen LogP contribution in [0.3, 0.4) is 0 Å². The van der Waals surface area contributed by atoms with Crippen LogP contribution >= 0.6 is 0 Å². The van der Waals surface area contributed by atoms with Crippen molar-refractivity contribution in [3.63, 3.8) is 0 Å². The van der Waals surface area contributed by atoms with E-state index in [1.54, 1.807) is 6.07 Å². The van der Waals surface area contributed by atoms with E-state index in [1.165, 1.54) is 0 Å². The lowest BCUT2D eigenvalue weighted by molar-refractivity contribution is 0.440. The number of rotatable bonds is 1. The Morgan fingerprint density at radius 3 is 2.33 bits per heavy atom. The minimum absolute atomic E-state index is 0.280. The molecular weight excluding hydrogens is 150 g/mol. The lowest BCUT2D eigenvalue weighted by Crippen LogP contribution is -2.28. The van der Waals surface area contributed by atoms with Gasteiger partial charge in [-0.05, 0) is 32.4 Å². The fourth-order valence-electron chi connectivity index (χ4n) is 1.19. The Labute approximate surface area is 73.0 Å². The number of hydrogen-bond donors (Lipinski definition) is 2. The van der Waals surface area contributed by atoms with Crippen molar-refractivity contribution in [3.05, 3.63) is 29.3 Å². The highest BCUT2D eigenvalue weighted by Crippen LogP contribution is 2.27. The number of hydrogen-bond acceptors (Lipinski definition) is 2. The van der Waals surface area contributed by atoms with Crippen molar-refractivity contribution in [2.45, 2.75) is 26.3 Å². The van der Waals surface area contributed by atoms with E-state index in [4.69, 9.17) is 5.73 Å². The van der Waals surface area contributed by atoms with E-state index in [1.807, 2.05) is 32.9 Å². The molecule has 0 unspecified atom stereocenters. The maximum atomic E-state index is 9.55. The van der Waals surface area contributed by atoms with Crippen LogP contribution in [-0.2, 0) is 5.54 Å². The van der Waals surface area contributed by atoms with Gasteiger partial charge in [-0.1, -0.05) is 12.1 Å². The van der Waals surface area contributed by atoms with Crippen molar-refractivity contribution in [2.24, 2.45) is 5.73 Å². The summed E-state index contributed by atoms with van der Waals surface area (Å²) < 4.78 is 0. The summed E-state index contributed by atoms with van der Waals surface area (Å²) in [6.07, 6.45) is 0. The molecule has 0 fully saturated rings. The van der Waals surface area contributed by atoms with Gasteiger partial charge in [-0.3, -0.25) is 0 Å². The molecule has 2 nitrogen and oxygen atoms in total. The van der Waals surface area contributed by atoms with Gasteiger partial charge in [0.1, 0.15) is 5.75 Å². The van der Waals surface area contributed by atoms with Gasteiger partial charge in [-0.25, -0.2) is 0 Å². The van der Waals surface area contributed by atoms with E-state index in [0.29, 0.717) is 0 Å². The second-order valence-electron chi connectivity index (χ2n) is 3.74. The molecular formula is C10H15NO. The number of aryl methyl sites for hydroxylation is 1. The largest absolute Gasteiger partial charge is 0.508 e. The quantitative estimate of drug-likeness (QED) is 0.667. The van der Waals surface area contributed by atoms with E-state index < -0.39 is 5.54 Å². The van der Waals surface area contributed by atoms with Crippen LogP contribution in [0, 0.1) is 6.92 Å². The van der Waals surface area contributed by atoms with Crippen molar-refractivity contribution in [2.75, 3.05) is 0 Å². The monoisotopic (exact) mass is 165 g/mol. The number of benzene rings is 1. The third-order valence-electron chi connectivity index (χ3n) is 1.85. The second-order valence-corrected chi connectivity index (χ2v) is 3.74. The molecule has 1 rings (SSSR count). The zero-order valence-corrected chi connectivity index (χ0v) is 7.76. The average Bonchev–Trinajstić information content (AvgIpc) is 1.83. The lowest BCUT2D eigenvalue weighted by Gasteiger charge is -2.20. The minimum atomic E-state index is -0.474. The third-order valence-corrected chi connectivity index (χ3v) is 1.85. The summed E-state index contributed by atoms with van der Waals surface area (Å²) in [4.78, 5) is 0. The van der Waals surface area contributed by atoms with E-state index >= 15 is 0 Å². The number of phenolic OH excluding ortho intramolecular Hbond substituents is 1. The summed E-state index contributed by atoms with van der Waals surface area (Å²) in [5, 5.41) is 9.55. The van der Waals surface area contributed by atoms with Crippen LogP contribution < -0.4 is 5.73 Å². The highest BCUT2D eigenvalue weighted by molar-refractivity contribution is 5.39. The minimum Gasteiger partial charge on any atom is -0.508 e. The molecule has 0 saturated carbocycles. The zero-order valence-electron chi connectivity index (χ0n) is 7.76. The molecule has 0 aliphatic heterocycles. The Morgan fingerprint density at radius 1 is 1.33 bits per heavy atom. The second kappa shape index (κ2) is 2.79. The Kier molecular flexibility index (Phi) is 2.11. The summed E-state index contributed by atoms with van der Waals surface area (Å²) in [7, 11) is 0. The maximum absolute atomic E-state index is 9.55. The molecule has 66 valence electrons. The molecule has 0 bridgehead atoms. The van der Waals surface area contributed by atoms with Gasteiger partial charge in [0.05, 0.1) is 0 Å². The lowest BCUT2D eigenvalue weighted by atomic mass is 9.94. The van der Waals surface area contributed by atoms with Crippen LogP contribution in [0.1, 0.15) is 25.0 Å². The molecule has 12 heavy (non-hydrogen) atoms. The van der Waals surface area contributed by atoms with Crippen molar-refractivity contribution in [3.8, 4) is 5.75 Å². The molecule has 0 heterocycles. The van der Waals surface area contributed by atoms with Gasteiger partial charge in [0.15, 0.2) is 0 Å². The molecule has 1 aromatic carbocycles. The standard InChI is InChI=1S/C10H15NO/c1-7-4-5-8(9(12)6-7)10(2,3)11/h4-6,12H,11H2,1-3H3. The maximum Gasteiger partial charge on any atom is 0.120 e. The predicted molar refractivity (Wildman–Crippen MR) is 50.1 cm³/mol. The van der Waals surface area contributed by atoms with E-state index in [2.05, 4.69) is 0 Å². The molecule has 1 aromatic rings. The number of aromatic hydroxyl groups is 1. The predicted octanol–water partition coefficient (Wildman–Crippen LogP) is 1.89. The first kappa shape index (κ1) is 9.07. The highest BCUT2D eigenvalue weighted by atomic mass is 16.3. The Morgan fingerprint density at radius 2 is 1.92 bits per heavy atom. The number of phenols is 1. The first-order chi connectivity index (χ1) is 5.41. The average molecular weight is 165 g/mol. The molecule has 0 radical (unpaired) electrons. The van der Waals surface area contributed by atoms with E-state index in [9.17, 15) is 5.11 Å². The zero-order chi connectivity index (χ0) is 9.35. The van der Waals surface area contributed by atoms with Crippen molar-refractivity contribution in [1.29, 1.82) is 0 Å². The van der Waals surface area contributed by atoms with Gasteiger partial charge >= 0.3 is 0 Å². The molecule has 3 N–H and O–H groups in total. The van der Waals surface area contributed by atoms with E-state index in [0.717, 1.165) is 11.1 Å². The summed E-state index contributed by atoms with van der Waals surface area (Å²) in [6, 6.07) is 5.54. The SMILES string of the molecule is Cc1ccc(C(C)(C)N)c(O)c1. The van der Waals surface area contributed by atoms with Crippen LogP contribution in [-0.4, -0.2) is 5.11 Å². The molecule has 0 saturated heterocycles. The number of nitrogens with two attached hydrogens (primary N) is 1. The van der Waals surface area contributed by atoms with Crippen molar-refractivity contribution in [1.82, 2.24) is 0 Å². The normalized spacial score (nSPS) is 11.7. The Bertz CT molecular complexity index is 286. The van der Waals surface area contributed by atoms with Gasteiger partial charge in [-0.15, -0.1) is 0 Å². The summed E-state index contributed by atoms with van der Waals surface area (Å²) in [5.74, 6) is 0.280. The molecule has 0 amide bonds. The van der Waals surface area contributed by atoms with Gasteiger partial charge in [0.25, 0.3) is 0 Å². The van der Waals surface area contributed by atoms with E-state index in [-0.39, 0.29) is 5.75 Å². The van der Waals surface area contributed by atoms with Crippen LogP contribution in [0.2, 0.25) is 0 Å². The molecule has 0 aliphatic carbocycles. The summed E-state index contributed by atoms with van der Waals surface area (Å²) in [5.41, 5.74) is 7.20. The summed E-state index contributed by atoms with van der Waals surface area (Å²) in [6.45, 7) is 5.68. The van der Waals surface area contributed by atoms with Crippen molar-refractivity contribution < 1.29 is 5.11 Å². The molecule has 0 aliphatic rings. The first-order valence-electron chi connectivity index (χ1n) is 4.00. The van der Waals surface area contributed by atoms with Crippen LogP contribution in [0.4, 0.5) is 0 Å². The van der Waals surface area contributed by atoms with Gasteiger partial charge in [-0.2, -0.15) is 0 Å². The molecule has 0 aromatic heterocycles. The third kappa shape index (κ3) is 1.77. The molecule has 0 atom stereocenters. The molecule has 2 heteroatoms.